The summed E-state index contributed by atoms with van der Waals surface area (Å²) >= 11 is 0. The Morgan fingerprint density at radius 2 is 2.10 bits per heavy atom. The number of methoxy groups -OCH3 is 1. The Kier molecular flexibility index (Phi) is 3.98. The van der Waals surface area contributed by atoms with Crippen molar-refractivity contribution in [1.82, 2.24) is 4.98 Å². The Balaban J connectivity index is 2.45. The number of carboxylic acids is 1. The van der Waals surface area contributed by atoms with Gasteiger partial charge in [-0.25, -0.2) is 9.78 Å². The van der Waals surface area contributed by atoms with Crippen LogP contribution in [0.3, 0.4) is 0 Å². The largest absolute Gasteiger partial charge is 0.496 e. The van der Waals surface area contributed by atoms with E-state index in [1.165, 1.54) is 43.6 Å². The number of aromatic carboxylic acids is 1. The Morgan fingerprint density at radius 1 is 1.33 bits per heavy atom. The number of carbonyl (C=O) groups is 1. The molecule has 0 bridgehead atoms. The zero-order chi connectivity index (χ0) is 15.4. The minimum atomic E-state index is -1.29. The highest BCUT2D eigenvalue weighted by Crippen LogP contribution is 2.35. The van der Waals surface area contributed by atoms with E-state index in [0.717, 1.165) is 0 Å². The summed E-state index contributed by atoms with van der Waals surface area (Å²) < 4.78 is 10.2. The van der Waals surface area contributed by atoms with Gasteiger partial charge in [0.05, 0.1) is 18.1 Å². The van der Waals surface area contributed by atoms with Crippen molar-refractivity contribution in [2.75, 3.05) is 7.11 Å². The zero-order valence-electron chi connectivity index (χ0n) is 10.8. The van der Waals surface area contributed by atoms with E-state index >= 15 is 0 Å². The van der Waals surface area contributed by atoms with Gasteiger partial charge in [0.25, 0.3) is 0 Å². The van der Waals surface area contributed by atoms with Crippen LogP contribution in [0.4, 0.5) is 5.69 Å². The number of hydrogen-bond acceptors (Lipinski definition) is 6. The molecule has 0 unspecified atom stereocenters. The number of benzene rings is 1. The van der Waals surface area contributed by atoms with Crippen LogP contribution >= 0.6 is 0 Å². The predicted octanol–water partition coefficient (Wildman–Crippen LogP) is 2.49. The molecule has 2 aromatic rings. The molecule has 8 heteroatoms. The van der Waals surface area contributed by atoms with Crippen LogP contribution in [0.1, 0.15) is 10.5 Å². The van der Waals surface area contributed by atoms with Gasteiger partial charge in [0.15, 0.2) is 11.4 Å². The molecule has 0 saturated heterocycles. The lowest BCUT2D eigenvalue weighted by atomic mass is 10.2. The molecule has 108 valence electrons. The molecular weight excluding hydrogens is 280 g/mol. The van der Waals surface area contributed by atoms with Crippen molar-refractivity contribution in [3.05, 3.63) is 52.3 Å². The van der Waals surface area contributed by atoms with E-state index in [0.29, 0.717) is 5.75 Å². The molecule has 1 aromatic heterocycles. The van der Waals surface area contributed by atoms with E-state index in [-0.39, 0.29) is 22.9 Å². The highest BCUT2D eigenvalue weighted by molar-refractivity contribution is 5.88. The van der Waals surface area contributed by atoms with Crippen molar-refractivity contribution in [2.45, 2.75) is 0 Å². The lowest BCUT2D eigenvalue weighted by Crippen LogP contribution is -2.03. The van der Waals surface area contributed by atoms with Gasteiger partial charge >= 0.3 is 11.7 Å². The van der Waals surface area contributed by atoms with Crippen LogP contribution in [0.25, 0.3) is 0 Å². The van der Waals surface area contributed by atoms with Crippen LogP contribution in [0.2, 0.25) is 0 Å². The first kappa shape index (κ1) is 14.3. The second-order valence-electron chi connectivity index (χ2n) is 3.85. The third-order valence-electron chi connectivity index (χ3n) is 2.56. The summed E-state index contributed by atoms with van der Waals surface area (Å²) in [5.74, 6) is -1.19. The number of ether oxygens (including phenoxy) is 2. The average molecular weight is 290 g/mol. The first-order valence-corrected chi connectivity index (χ1v) is 5.71. The number of nitro benzene ring substituents is 1. The minimum Gasteiger partial charge on any atom is -0.496 e. The van der Waals surface area contributed by atoms with Gasteiger partial charge in [-0.1, -0.05) is 0 Å². The third-order valence-corrected chi connectivity index (χ3v) is 2.56. The highest BCUT2D eigenvalue weighted by atomic mass is 16.6. The lowest BCUT2D eigenvalue weighted by Gasteiger charge is -2.09. The van der Waals surface area contributed by atoms with E-state index in [1.807, 2.05) is 0 Å². The molecule has 0 atom stereocenters. The first-order chi connectivity index (χ1) is 10.0. The number of aromatic nitrogens is 1. The molecule has 0 saturated carbocycles. The quantitative estimate of drug-likeness (QED) is 0.664. The van der Waals surface area contributed by atoms with Gasteiger partial charge in [0.2, 0.25) is 5.75 Å². The molecule has 8 nitrogen and oxygen atoms in total. The van der Waals surface area contributed by atoms with Crippen LogP contribution in [0.5, 0.6) is 17.2 Å². The Bertz CT molecular complexity index is 701. The molecule has 0 spiro atoms. The van der Waals surface area contributed by atoms with Crippen LogP contribution in [0, 0.1) is 10.1 Å². The van der Waals surface area contributed by atoms with E-state index in [1.54, 1.807) is 0 Å². The summed E-state index contributed by atoms with van der Waals surface area (Å²) in [6.45, 7) is 0. The number of pyridine rings is 1. The third kappa shape index (κ3) is 3.06. The van der Waals surface area contributed by atoms with Gasteiger partial charge < -0.3 is 14.6 Å². The Morgan fingerprint density at radius 3 is 2.71 bits per heavy atom. The SMILES string of the molecule is COc1ccc(Oc2cccnc2C(=O)O)c([N+](=O)[O-])c1. The molecule has 0 aliphatic heterocycles. The zero-order valence-corrected chi connectivity index (χ0v) is 10.8. The molecule has 1 aromatic carbocycles. The van der Waals surface area contributed by atoms with Crippen molar-refractivity contribution in [3.8, 4) is 17.2 Å². The Hall–Kier alpha value is -3.16. The summed E-state index contributed by atoms with van der Waals surface area (Å²) in [7, 11) is 1.38. The normalized spacial score (nSPS) is 9.95. The van der Waals surface area contributed by atoms with Gasteiger partial charge in [0.1, 0.15) is 5.75 Å². The summed E-state index contributed by atoms with van der Waals surface area (Å²) in [5.41, 5.74) is -0.669. The number of nitrogens with zero attached hydrogens (tertiary/aromatic N) is 2. The van der Waals surface area contributed by atoms with Crippen molar-refractivity contribution in [2.24, 2.45) is 0 Å². The summed E-state index contributed by atoms with van der Waals surface area (Å²) in [4.78, 5) is 25.1. The first-order valence-electron chi connectivity index (χ1n) is 5.71. The van der Waals surface area contributed by atoms with Crippen LogP contribution in [0.15, 0.2) is 36.5 Å². The average Bonchev–Trinajstić information content (AvgIpc) is 2.47. The molecule has 0 aliphatic rings. The molecule has 0 aliphatic carbocycles. The second kappa shape index (κ2) is 5.87. The molecule has 1 heterocycles. The number of carboxylic acid groups (broad SMARTS) is 1. The van der Waals surface area contributed by atoms with Gasteiger partial charge in [0, 0.05) is 6.20 Å². The Labute approximate surface area is 118 Å². The fourth-order valence-electron chi connectivity index (χ4n) is 1.61. The molecule has 1 N–H and O–H groups in total. The van der Waals surface area contributed by atoms with Crippen molar-refractivity contribution < 1.29 is 24.3 Å². The van der Waals surface area contributed by atoms with Gasteiger partial charge in [-0.3, -0.25) is 10.1 Å². The second-order valence-corrected chi connectivity index (χ2v) is 3.85. The smallest absolute Gasteiger partial charge is 0.358 e. The van der Waals surface area contributed by atoms with E-state index < -0.39 is 10.9 Å². The maximum Gasteiger partial charge on any atom is 0.358 e. The number of nitro groups is 1. The van der Waals surface area contributed by atoms with Gasteiger partial charge in [-0.05, 0) is 24.3 Å². The van der Waals surface area contributed by atoms with E-state index in [9.17, 15) is 14.9 Å². The van der Waals surface area contributed by atoms with Crippen LogP contribution < -0.4 is 9.47 Å². The topological polar surface area (TPSA) is 112 Å². The van der Waals surface area contributed by atoms with Gasteiger partial charge in [-0.15, -0.1) is 0 Å². The van der Waals surface area contributed by atoms with Crippen molar-refractivity contribution in [1.29, 1.82) is 0 Å². The molecule has 21 heavy (non-hydrogen) atoms. The summed E-state index contributed by atoms with van der Waals surface area (Å²) in [6, 6.07) is 6.82. The summed E-state index contributed by atoms with van der Waals surface area (Å²) in [6.07, 6.45) is 1.29. The maximum absolute atomic E-state index is 11.0. The molecular formula is C13H10N2O6. The van der Waals surface area contributed by atoms with Crippen LogP contribution in [-0.4, -0.2) is 28.1 Å². The maximum atomic E-state index is 11.0. The monoisotopic (exact) mass is 290 g/mol. The predicted molar refractivity (Wildman–Crippen MR) is 70.9 cm³/mol. The standard InChI is InChI=1S/C13H10N2O6/c1-20-8-4-5-10(9(7-8)15(18)19)21-11-3-2-6-14-12(11)13(16)17/h2-7H,1H3,(H,16,17). The van der Waals surface area contributed by atoms with E-state index in [2.05, 4.69) is 4.98 Å². The van der Waals surface area contributed by atoms with E-state index in [4.69, 9.17) is 14.6 Å². The number of hydrogen-bond donors (Lipinski definition) is 1. The lowest BCUT2D eigenvalue weighted by molar-refractivity contribution is -0.385. The number of rotatable bonds is 5. The van der Waals surface area contributed by atoms with Crippen molar-refractivity contribution in [3.63, 3.8) is 0 Å². The minimum absolute atomic E-state index is 0.0849. The molecule has 2 rings (SSSR count). The van der Waals surface area contributed by atoms with Crippen LogP contribution in [-0.2, 0) is 0 Å². The molecule has 0 amide bonds. The fourth-order valence-corrected chi connectivity index (χ4v) is 1.61. The fraction of sp³-hybridized carbons (Fsp3) is 0.0769. The molecule has 0 radical (unpaired) electrons. The van der Waals surface area contributed by atoms with Crippen molar-refractivity contribution >= 4 is 11.7 Å². The van der Waals surface area contributed by atoms with Gasteiger partial charge in [-0.2, -0.15) is 0 Å². The molecule has 0 fully saturated rings. The summed E-state index contributed by atoms with van der Waals surface area (Å²) in [5, 5.41) is 20.0. The highest BCUT2D eigenvalue weighted by Gasteiger charge is 2.20.